The number of nitrogens with one attached hydrogen (secondary N) is 1. The van der Waals surface area contributed by atoms with Crippen LogP contribution in [-0.2, 0) is 10.0 Å². The fraction of sp³-hybridized carbons (Fsp3) is 0.500. The van der Waals surface area contributed by atoms with Crippen molar-refractivity contribution in [2.24, 2.45) is 0 Å². The lowest BCUT2D eigenvalue weighted by atomic mass is 10.1. The molecular weight excluding hydrogens is 294 g/mol. The molecule has 118 valence electrons. The van der Waals surface area contributed by atoms with Crippen LogP contribution in [0.5, 0.6) is 0 Å². The molecule has 0 amide bonds. The zero-order chi connectivity index (χ0) is 16.2. The normalized spacial score (nSPS) is 13.1. The summed E-state index contributed by atoms with van der Waals surface area (Å²) in [6.07, 6.45) is 0.850. The van der Waals surface area contributed by atoms with Gasteiger partial charge in [0.05, 0.1) is 10.5 Å². The molecular formula is C14H21NO5S. The molecule has 21 heavy (non-hydrogen) atoms. The number of aryl methyl sites for hydroxylation is 1. The Labute approximate surface area is 124 Å². The van der Waals surface area contributed by atoms with Gasteiger partial charge in [-0.15, -0.1) is 0 Å². The van der Waals surface area contributed by atoms with E-state index in [0.717, 1.165) is 0 Å². The predicted octanol–water partition coefficient (Wildman–Crippen LogP) is 1.44. The van der Waals surface area contributed by atoms with Crippen LogP contribution >= 0.6 is 0 Å². The topological polar surface area (TPSA) is 104 Å². The molecule has 1 aromatic rings. The van der Waals surface area contributed by atoms with Gasteiger partial charge in [-0.1, -0.05) is 6.92 Å². The van der Waals surface area contributed by atoms with Gasteiger partial charge in [0.1, 0.15) is 0 Å². The molecule has 6 nitrogen and oxygen atoms in total. The van der Waals surface area contributed by atoms with Crippen molar-refractivity contribution in [1.29, 1.82) is 0 Å². The molecule has 0 aliphatic heterocycles. The van der Waals surface area contributed by atoms with Crippen molar-refractivity contribution in [2.45, 2.75) is 44.6 Å². The molecule has 0 saturated carbocycles. The third-order valence-electron chi connectivity index (χ3n) is 3.45. The van der Waals surface area contributed by atoms with E-state index >= 15 is 0 Å². The fourth-order valence-corrected chi connectivity index (χ4v) is 3.71. The second-order valence-corrected chi connectivity index (χ2v) is 6.64. The number of hydrogen-bond donors (Lipinski definition) is 3. The summed E-state index contributed by atoms with van der Waals surface area (Å²) in [5.41, 5.74) is 1.06. The first-order chi connectivity index (χ1) is 9.72. The van der Waals surface area contributed by atoms with Gasteiger partial charge in [0.15, 0.2) is 0 Å². The number of carboxylic acids is 1. The number of aliphatic hydroxyl groups excluding tert-OH is 1. The molecule has 0 aromatic heterocycles. The largest absolute Gasteiger partial charge is 0.478 e. The molecule has 0 bridgehead atoms. The lowest BCUT2D eigenvalue weighted by molar-refractivity contribution is 0.0696. The van der Waals surface area contributed by atoms with Crippen LogP contribution in [0.25, 0.3) is 0 Å². The first-order valence-corrected chi connectivity index (χ1v) is 8.19. The molecule has 1 rings (SSSR count). The maximum atomic E-state index is 12.4. The zero-order valence-corrected chi connectivity index (χ0v) is 13.2. The van der Waals surface area contributed by atoms with Crippen molar-refractivity contribution >= 4 is 16.0 Å². The Kier molecular flexibility index (Phi) is 5.88. The van der Waals surface area contributed by atoms with Gasteiger partial charge >= 0.3 is 5.97 Å². The Hall–Kier alpha value is -1.44. The number of hydrogen-bond acceptors (Lipinski definition) is 4. The van der Waals surface area contributed by atoms with Crippen LogP contribution in [0.15, 0.2) is 17.0 Å². The molecule has 0 spiro atoms. The second kappa shape index (κ2) is 7.02. The standard InChI is InChI=1S/C14H21NO5S/c1-4-12(5-6-16)15-21(19,20)13-8-11(14(17)18)7-9(2)10(13)3/h7-8,12,15-16H,4-6H2,1-3H3,(H,17,18). The molecule has 1 atom stereocenters. The van der Waals surface area contributed by atoms with Crippen LogP contribution in [0.1, 0.15) is 41.3 Å². The number of sulfonamides is 1. The van der Waals surface area contributed by atoms with Gasteiger partial charge in [-0.2, -0.15) is 0 Å². The van der Waals surface area contributed by atoms with Crippen molar-refractivity contribution < 1.29 is 23.4 Å². The highest BCUT2D eigenvalue weighted by atomic mass is 32.2. The minimum Gasteiger partial charge on any atom is -0.478 e. The van der Waals surface area contributed by atoms with Gasteiger partial charge in [-0.05, 0) is 49.9 Å². The van der Waals surface area contributed by atoms with Crippen molar-refractivity contribution in [3.63, 3.8) is 0 Å². The van der Waals surface area contributed by atoms with E-state index in [1.807, 2.05) is 6.92 Å². The Morgan fingerprint density at radius 1 is 1.33 bits per heavy atom. The van der Waals surface area contributed by atoms with Gasteiger partial charge < -0.3 is 10.2 Å². The highest BCUT2D eigenvalue weighted by molar-refractivity contribution is 7.89. The van der Waals surface area contributed by atoms with Crippen molar-refractivity contribution in [2.75, 3.05) is 6.61 Å². The summed E-state index contributed by atoms with van der Waals surface area (Å²) in [6, 6.07) is 2.23. The molecule has 0 aliphatic carbocycles. The van der Waals surface area contributed by atoms with Crippen LogP contribution in [0.4, 0.5) is 0 Å². The van der Waals surface area contributed by atoms with E-state index in [0.29, 0.717) is 24.0 Å². The van der Waals surface area contributed by atoms with E-state index < -0.39 is 16.0 Å². The maximum absolute atomic E-state index is 12.4. The molecule has 0 radical (unpaired) electrons. The number of carbonyl (C=O) groups is 1. The van der Waals surface area contributed by atoms with Gasteiger partial charge in [0, 0.05) is 12.6 Å². The molecule has 3 N–H and O–H groups in total. The van der Waals surface area contributed by atoms with Gasteiger partial charge in [-0.25, -0.2) is 17.9 Å². The first kappa shape index (κ1) is 17.6. The summed E-state index contributed by atoms with van der Waals surface area (Å²) in [5, 5.41) is 18.0. The van der Waals surface area contributed by atoms with Gasteiger partial charge in [0.2, 0.25) is 10.0 Å². The highest BCUT2D eigenvalue weighted by Crippen LogP contribution is 2.22. The maximum Gasteiger partial charge on any atom is 0.335 e. The van der Waals surface area contributed by atoms with E-state index in [1.54, 1.807) is 13.8 Å². The summed E-state index contributed by atoms with van der Waals surface area (Å²) in [5.74, 6) is -1.17. The van der Waals surface area contributed by atoms with Crippen LogP contribution in [0, 0.1) is 13.8 Å². The fourth-order valence-electron chi connectivity index (χ4n) is 2.01. The molecule has 0 saturated heterocycles. The average Bonchev–Trinajstić information content (AvgIpc) is 2.40. The Morgan fingerprint density at radius 2 is 1.95 bits per heavy atom. The number of benzene rings is 1. The summed E-state index contributed by atoms with van der Waals surface area (Å²) < 4.78 is 27.4. The minimum absolute atomic E-state index is 0.0312. The third kappa shape index (κ3) is 4.26. The van der Waals surface area contributed by atoms with Gasteiger partial charge in [-0.3, -0.25) is 0 Å². The number of aliphatic hydroxyl groups is 1. The third-order valence-corrected chi connectivity index (χ3v) is 5.10. The van der Waals surface area contributed by atoms with Crippen LogP contribution in [0.3, 0.4) is 0 Å². The molecule has 1 aromatic carbocycles. The summed E-state index contributed by atoms with van der Waals surface area (Å²) in [6.45, 7) is 5.01. The molecule has 0 aliphatic rings. The van der Waals surface area contributed by atoms with E-state index in [1.165, 1.54) is 12.1 Å². The second-order valence-electron chi connectivity index (χ2n) is 4.96. The predicted molar refractivity (Wildman–Crippen MR) is 79.0 cm³/mol. The smallest absolute Gasteiger partial charge is 0.335 e. The van der Waals surface area contributed by atoms with Crippen LogP contribution in [0.2, 0.25) is 0 Å². The molecule has 1 unspecified atom stereocenters. The SMILES string of the molecule is CCC(CCO)NS(=O)(=O)c1cc(C(=O)O)cc(C)c1C. The quantitative estimate of drug-likeness (QED) is 0.706. The van der Waals surface area contributed by atoms with Gasteiger partial charge in [0.25, 0.3) is 0 Å². The van der Waals surface area contributed by atoms with Crippen molar-refractivity contribution in [3.05, 3.63) is 28.8 Å². The van der Waals surface area contributed by atoms with E-state index in [-0.39, 0.29) is 23.1 Å². The van der Waals surface area contributed by atoms with Crippen LogP contribution in [-0.4, -0.2) is 37.2 Å². The van der Waals surface area contributed by atoms with E-state index in [4.69, 9.17) is 10.2 Å². The monoisotopic (exact) mass is 315 g/mol. The molecule has 0 heterocycles. The number of aromatic carboxylic acids is 1. The molecule has 0 fully saturated rings. The summed E-state index contributed by atoms with van der Waals surface area (Å²) in [7, 11) is -3.83. The highest BCUT2D eigenvalue weighted by Gasteiger charge is 2.23. The molecule has 7 heteroatoms. The summed E-state index contributed by atoms with van der Waals surface area (Å²) in [4.78, 5) is 11.0. The number of carboxylic acid groups (broad SMARTS) is 1. The van der Waals surface area contributed by atoms with E-state index in [2.05, 4.69) is 4.72 Å². The minimum atomic E-state index is -3.83. The van der Waals surface area contributed by atoms with E-state index in [9.17, 15) is 13.2 Å². The first-order valence-electron chi connectivity index (χ1n) is 6.70. The lowest BCUT2D eigenvalue weighted by Gasteiger charge is -2.18. The Morgan fingerprint density at radius 3 is 2.43 bits per heavy atom. The Balaban J connectivity index is 3.27. The van der Waals surface area contributed by atoms with Crippen molar-refractivity contribution in [1.82, 2.24) is 4.72 Å². The number of rotatable bonds is 7. The zero-order valence-electron chi connectivity index (χ0n) is 12.4. The average molecular weight is 315 g/mol. The Bertz CT molecular complexity index is 624. The lowest BCUT2D eigenvalue weighted by Crippen LogP contribution is -2.35. The summed E-state index contributed by atoms with van der Waals surface area (Å²) >= 11 is 0. The van der Waals surface area contributed by atoms with Crippen molar-refractivity contribution in [3.8, 4) is 0 Å². The van der Waals surface area contributed by atoms with Crippen LogP contribution < -0.4 is 4.72 Å².